The van der Waals surface area contributed by atoms with Crippen LogP contribution in [0.2, 0.25) is 0 Å². The van der Waals surface area contributed by atoms with Gasteiger partial charge in [-0.2, -0.15) is 5.26 Å². The van der Waals surface area contributed by atoms with Gasteiger partial charge in [0.05, 0.1) is 36.7 Å². The summed E-state index contributed by atoms with van der Waals surface area (Å²) in [6.07, 6.45) is 7.65. The summed E-state index contributed by atoms with van der Waals surface area (Å²) in [6.45, 7) is 4.60. The van der Waals surface area contributed by atoms with E-state index >= 15 is 0 Å². The zero-order chi connectivity index (χ0) is 25.6. The van der Waals surface area contributed by atoms with Gasteiger partial charge in [0, 0.05) is 17.8 Å². The predicted octanol–water partition coefficient (Wildman–Crippen LogP) is 4.66. The molecular weight excluding hydrogens is 462 g/mol. The Morgan fingerprint density at radius 1 is 1.03 bits per heavy atom. The molecule has 0 saturated carbocycles. The fourth-order valence-corrected chi connectivity index (χ4v) is 4.75. The van der Waals surface area contributed by atoms with Crippen molar-refractivity contribution in [2.45, 2.75) is 32.4 Å². The first-order valence-corrected chi connectivity index (χ1v) is 12.6. The minimum absolute atomic E-state index is 0.0915. The number of pyridine rings is 1. The number of hydrogen-bond acceptors (Lipinski definition) is 6. The fraction of sp³-hybridized carbons (Fsp3) is 0.267. The number of benzene rings is 2. The van der Waals surface area contributed by atoms with Gasteiger partial charge >= 0.3 is 0 Å². The SMILES string of the molecule is CC(Oc1cnc(-c2cccc(Cn3cc(-c4cccc(C#N)c4)ccc3=O)c2)nc1)C1CCNCC1. The van der Waals surface area contributed by atoms with Gasteiger partial charge < -0.3 is 14.6 Å². The second-order valence-corrected chi connectivity index (χ2v) is 9.43. The van der Waals surface area contributed by atoms with Crippen molar-refractivity contribution in [2.75, 3.05) is 13.1 Å². The molecule has 2 aromatic carbocycles. The average Bonchev–Trinajstić information content (AvgIpc) is 2.95. The first kappa shape index (κ1) is 24.4. The van der Waals surface area contributed by atoms with Crippen LogP contribution in [0.3, 0.4) is 0 Å². The van der Waals surface area contributed by atoms with Crippen LogP contribution < -0.4 is 15.6 Å². The van der Waals surface area contributed by atoms with E-state index in [0.717, 1.165) is 48.2 Å². The van der Waals surface area contributed by atoms with Gasteiger partial charge in [-0.3, -0.25) is 4.79 Å². The predicted molar refractivity (Wildman–Crippen MR) is 143 cm³/mol. The van der Waals surface area contributed by atoms with E-state index in [1.54, 1.807) is 35.2 Å². The maximum atomic E-state index is 12.6. The van der Waals surface area contributed by atoms with Gasteiger partial charge in [0.1, 0.15) is 0 Å². The van der Waals surface area contributed by atoms with Crippen molar-refractivity contribution in [1.29, 1.82) is 5.26 Å². The normalized spacial score (nSPS) is 14.6. The molecule has 2 aromatic heterocycles. The third-order valence-electron chi connectivity index (χ3n) is 6.84. The van der Waals surface area contributed by atoms with Crippen molar-refractivity contribution in [3.8, 4) is 34.3 Å². The molecule has 7 nitrogen and oxygen atoms in total. The molecule has 1 saturated heterocycles. The van der Waals surface area contributed by atoms with Crippen molar-refractivity contribution in [2.24, 2.45) is 5.92 Å². The second-order valence-electron chi connectivity index (χ2n) is 9.43. The van der Waals surface area contributed by atoms with Crippen LogP contribution in [0.25, 0.3) is 22.5 Å². The molecule has 1 unspecified atom stereocenters. The monoisotopic (exact) mass is 491 g/mol. The molecule has 3 heterocycles. The molecule has 186 valence electrons. The zero-order valence-electron chi connectivity index (χ0n) is 20.8. The lowest BCUT2D eigenvalue weighted by molar-refractivity contribution is 0.127. The van der Waals surface area contributed by atoms with Crippen LogP contribution in [0.1, 0.15) is 30.9 Å². The summed E-state index contributed by atoms with van der Waals surface area (Å²) in [5.74, 6) is 1.82. The number of rotatable bonds is 7. The Morgan fingerprint density at radius 2 is 1.78 bits per heavy atom. The first-order chi connectivity index (χ1) is 18.1. The van der Waals surface area contributed by atoms with E-state index < -0.39 is 0 Å². The molecule has 0 spiro atoms. The Kier molecular flexibility index (Phi) is 7.38. The van der Waals surface area contributed by atoms with Crippen LogP contribution >= 0.6 is 0 Å². The highest BCUT2D eigenvalue weighted by atomic mass is 16.5. The van der Waals surface area contributed by atoms with E-state index in [0.29, 0.717) is 29.6 Å². The molecule has 0 aliphatic carbocycles. The highest BCUT2D eigenvalue weighted by Gasteiger charge is 2.21. The number of piperidine rings is 1. The van der Waals surface area contributed by atoms with Crippen LogP contribution in [-0.2, 0) is 6.54 Å². The van der Waals surface area contributed by atoms with Gasteiger partial charge in [-0.1, -0.05) is 30.3 Å². The third kappa shape index (κ3) is 5.93. The third-order valence-corrected chi connectivity index (χ3v) is 6.84. The van der Waals surface area contributed by atoms with Gasteiger partial charge in [-0.05, 0) is 79.7 Å². The Labute approximate surface area is 216 Å². The topological polar surface area (TPSA) is 92.8 Å². The summed E-state index contributed by atoms with van der Waals surface area (Å²) >= 11 is 0. The summed E-state index contributed by atoms with van der Waals surface area (Å²) < 4.78 is 7.79. The van der Waals surface area contributed by atoms with E-state index in [-0.39, 0.29) is 11.7 Å². The molecule has 0 amide bonds. The molecule has 1 fully saturated rings. The zero-order valence-corrected chi connectivity index (χ0v) is 20.8. The molecule has 37 heavy (non-hydrogen) atoms. The Balaban J connectivity index is 1.31. The largest absolute Gasteiger partial charge is 0.487 e. The lowest BCUT2D eigenvalue weighted by atomic mass is 9.93. The Bertz CT molecular complexity index is 1470. The second kappa shape index (κ2) is 11.2. The van der Waals surface area contributed by atoms with E-state index in [1.807, 2.05) is 48.7 Å². The van der Waals surface area contributed by atoms with Crippen LogP contribution in [0.4, 0.5) is 0 Å². The van der Waals surface area contributed by atoms with Crippen LogP contribution in [0.15, 0.2) is 84.0 Å². The number of nitrogens with zero attached hydrogens (tertiary/aromatic N) is 4. The van der Waals surface area contributed by atoms with Gasteiger partial charge in [0.25, 0.3) is 5.56 Å². The maximum Gasteiger partial charge on any atom is 0.250 e. The van der Waals surface area contributed by atoms with Crippen molar-refractivity contribution in [1.82, 2.24) is 19.9 Å². The summed E-state index contributed by atoms with van der Waals surface area (Å²) in [6, 6.07) is 20.8. The lowest BCUT2D eigenvalue weighted by Gasteiger charge is -2.28. The summed E-state index contributed by atoms with van der Waals surface area (Å²) in [7, 11) is 0. The number of aromatic nitrogens is 3. The number of ether oxygens (including phenoxy) is 1. The summed E-state index contributed by atoms with van der Waals surface area (Å²) in [4.78, 5) is 21.7. The van der Waals surface area contributed by atoms with E-state index in [1.165, 1.54) is 0 Å². The molecule has 4 aromatic rings. The molecular formula is C30H29N5O2. The van der Waals surface area contributed by atoms with E-state index in [9.17, 15) is 10.1 Å². The van der Waals surface area contributed by atoms with Crippen molar-refractivity contribution >= 4 is 0 Å². The molecule has 7 heteroatoms. The van der Waals surface area contributed by atoms with Crippen molar-refractivity contribution in [3.05, 3.63) is 101 Å². The van der Waals surface area contributed by atoms with Crippen molar-refractivity contribution in [3.63, 3.8) is 0 Å². The number of nitrogens with one attached hydrogen (secondary N) is 1. The smallest absolute Gasteiger partial charge is 0.250 e. The van der Waals surface area contributed by atoms with Gasteiger partial charge in [0.15, 0.2) is 11.6 Å². The number of hydrogen-bond donors (Lipinski definition) is 1. The van der Waals surface area contributed by atoms with Crippen LogP contribution in [-0.4, -0.2) is 33.7 Å². The molecule has 1 aliphatic rings. The standard InChI is InChI=1S/C30H29N5O2/c1-21(24-10-12-32-13-11-24)37-28-17-33-30(34-18-28)26-7-3-5-23(15-26)19-35-20-27(8-9-29(35)36)25-6-2-4-22(14-25)16-31/h2-9,14-15,17-18,20-21,24,32H,10-13,19H2,1H3. The van der Waals surface area contributed by atoms with Gasteiger partial charge in [-0.25, -0.2) is 9.97 Å². The minimum atomic E-state index is -0.0915. The number of nitriles is 1. The molecule has 1 atom stereocenters. The minimum Gasteiger partial charge on any atom is -0.487 e. The Hall–Kier alpha value is -4.28. The summed E-state index contributed by atoms with van der Waals surface area (Å²) in [5.41, 5.74) is 4.11. The van der Waals surface area contributed by atoms with Gasteiger partial charge in [0.2, 0.25) is 0 Å². The maximum absolute atomic E-state index is 12.6. The Morgan fingerprint density at radius 3 is 2.57 bits per heavy atom. The van der Waals surface area contributed by atoms with Crippen LogP contribution in [0.5, 0.6) is 5.75 Å². The van der Waals surface area contributed by atoms with E-state index in [2.05, 4.69) is 28.3 Å². The fourth-order valence-electron chi connectivity index (χ4n) is 4.75. The van der Waals surface area contributed by atoms with Crippen LogP contribution in [0, 0.1) is 17.2 Å². The summed E-state index contributed by atoms with van der Waals surface area (Å²) in [5, 5.41) is 12.6. The first-order valence-electron chi connectivity index (χ1n) is 12.6. The highest BCUT2D eigenvalue weighted by molar-refractivity contribution is 5.64. The quantitative estimate of drug-likeness (QED) is 0.404. The average molecular weight is 492 g/mol. The lowest BCUT2D eigenvalue weighted by Crippen LogP contribution is -2.35. The van der Waals surface area contributed by atoms with Crippen molar-refractivity contribution < 1.29 is 4.74 Å². The van der Waals surface area contributed by atoms with Gasteiger partial charge in [-0.15, -0.1) is 0 Å². The highest BCUT2D eigenvalue weighted by Crippen LogP contribution is 2.24. The molecule has 5 rings (SSSR count). The molecule has 1 N–H and O–H groups in total. The molecule has 1 aliphatic heterocycles. The van der Waals surface area contributed by atoms with E-state index in [4.69, 9.17) is 4.74 Å². The molecule has 0 bridgehead atoms. The molecule has 0 radical (unpaired) electrons.